The van der Waals surface area contributed by atoms with Crippen LogP contribution >= 0.6 is 12.6 Å². The van der Waals surface area contributed by atoms with Crippen molar-refractivity contribution in [2.24, 2.45) is 5.73 Å². The second-order valence-electron chi connectivity index (χ2n) is 7.24. The fourth-order valence-corrected chi connectivity index (χ4v) is 3.18. The topological polar surface area (TPSA) is 207 Å². The Morgan fingerprint density at radius 2 is 1.52 bits per heavy atom. The second-order valence-corrected chi connectivity index (χ2v) is 7.60. The van der Waals surface area contributed by atoms with Crippen molar-refractivity contribution in [2.45, 2.75) is 30.6 Å². The molecule has 0 spiro atoms. The van der Waals surface area contributed by atoms with E-state index >= 15 is 0 Å². The summed E-state index contributed by atoms with van der Waals surface area (Å²) >= 11 is 3.90. The number of aromatic nitrogens is 1. The van der Waals surface area contributed by atoms with Gasteiger partial charge in [-0.15, -0.1) is 0 Å². The van der Waals surface area contributed by atoms with Gasteiger partial charge in [-0.3, -0.25) is 14.4 Å². The van der Waals surface area contributed by atoms with Crippen LogP contribution in [0.2, 0.25) is 0 Å². The zero-order valence-corrected chi connectivity index (χ0v) is 18.4. The highest BCUT2D eigenvalue weighted by molar-refractivity contribution is 7.80. The standard InChI is InChI=1S/C20H27N5O7S/c21-12(9-33)17(28)24-15(7-26)19(30)23-14(18(29)25-16(8-27)20(31)32)5-10-6-22-13-4-2-1-3-11(10)13/h1-4,6,12,14-16,22,26-27,33H,5,7-9,21H2,(H,23,30)(H,24,28)(H,25,29)(H,31,32). The van der Waals surface area contributed by atoms with Gasteiger partial charge in [0.2, 0.25) is 17.7 Å². The number of hydrogen-bond acceptors (Lipinski definition) is 8. The number of aliphatic hydroxyl groups excluding tert-OH is 2. The maximum atomic E-state index is 12.8. The fourth-order valence-electron chi connectivity index (χ4n) is 3.02. The third kappa shape index (κ3) is 6.92. The van der Waals surface area contributed by atoms with Crippen molar-refractivity contribution in [2.75, 3.05) is 19.0 Å². The van der Waals surface area contributed by atoms with Gasteiger partial charge in [-0.05, 0) is 11.6 Å². The number of carboxylic acid groups (broad SMARTS) is 1. The molecule has 180 valence electrons. The van der Waals surface area contributed by atoms with E-state index in [2.05, 4.69) is 33.6 Å². The number of amides is 3. The van der Waals surface area contributed by atoms with Gasteiger partial charge in [-0.2, -0.15) is 12.6 Å². The molecule has 0 bridgehead atoms. The molecular formula is C20H27N5O7S. The van der Waals surface area contributed by atoms with Crippen molar-refractivity contribution in [1.29, 1.82) is 0 Å². The van der Waals surface area contributed by atoms with Gasteiger partial charge in [0.15, 0.2) is 0 Å². The molecule has 0 saturated heterocycles. The molecule has 13 heteroatoms. The van der Waals surface area contributed by atoms with Crippen LogP contribution in [0.4, 0.5) is 0 Å². The monoisotopic (exact) mass is 481 g/mol. The molecule has 4 unspecified atom stereocenters. The number of nitrogens with two attached hydrogens (primary N) is 1. The Labute approximate surface area is 194 Å². The number of carbonyl (C=O) groups excluding carboxylic acids is 3. The van der Waals surface area contributed by atoms with E-state index in [1.807, 2.05) is 12.1 Å². The smallest absolute Gasteiger partial charge is 0.328 e. The first-order valence-electron chi connectivity index (χ1n) is 9.98. The molecule has 1 aromatic carbocycles. The number of aliphatic carboxylic acids is 1. The summed E-state index contributed by atoms with van der Waals surface area (Å²) in [5.41, 5.74) is 7.01. The van der Waals surface area contributed by atoms with Crippen LogP contribution < -0.4 is 21.7 Å². The lowest BCUT2D eigenvalue weighted by molar-refractivity contribution is -0.143. The molecule has 0 radical (unpaired) electrons. The van der Waals surface area contributed by atoms with E-state index in [1.54, 1.807) is 18.3 Å². The number of aromatic amines is 1. The van der Waals surface area contributed by atoms with Crippen LogP contribution in [0, 0.1) is 0 Å². The summed E-state index contributed by atoms with van der Waals surface area (Å²) in [6.07, 6.45) is 1.61. The SMILES string of the molecule is NC(CS)C(=O)NC(CO)C(=O)NC(Cc1c[nH]c2ccccc12)C(=O)NC(CO)C(=O)O. The lowest BCUT2D eigenvalue weighted by atomic mass is 10.0. The predicted molar refractivity (Wildman–Crippen MR) is 121 cm³/mol. The van der Waals surface area contributed by atoms with Crippen LogP contribution in [0.5, 0.6) is 0 Å². The third-order valence-corrected chi connectivity index (χ3v) is 5.27. The van der Waals surface area contributed by atoms with Crippen molar-refractivity contribution >= 4 is 47.2 Å². The van der Waals surface area contributed by atoms with Crippen LogP contribution in [0.1, 0.15) is 5.56 Å². The molecule has 33 heavy (non-hydrogen) atoms. The van der Waals surface area contributed by atoms with Gasteiger partial charge in [0, 0.05) is 29.3 Å². The Morgan fingerprint density at radius 1 is 0.939 bits per heavy atom. The van der Waals surface area contributed by atoms with Gasteiger partial charge in [0.25, 0.3) is 0 Å². The summed E-state index contributed by atoms with van der Waals surface area (Å²) in [6, 6.07) is 1.95. The quantitative estimate of drug-likeness (QED) is 0.148. The molecule has 4 atom stereocenters. The highest BCUT2D eigenvalue weighted by Crippen LogP contribution is 2.19. The zero-order valence-electron chi connectivity index (χ0n) is 17.5. The van der Waals surface area contributed by atoms with Crippen LogP contribution in [-0.4, -0.2) is 87.1 Å². The molecule has 0 fully saturated rings. The van der Waals surface area contributed by atoms with Gasteiger partial charge in [-0.25, -0.2) is 4.79 Å². The van der Waals surface area contributed by atoms with E-state index in [-0.39, 0.29) is 12.2 Å². The van der Waals surface area contributed by atoms with Gasteiger partial charge in [0.05, 0.1) is 19.3 Å². The number of benzene rings is 1. The minimum absolute atomic E-state index is 0.00886. The minimum atomic E-state index is -1.58. The number of H-pyrrole nitrogens is 1. The largest absolute Gasteiger partial charge is 0.480 e. The number of thiol groups is 1. The van der Waals surface area contributed by atoms with Gasteiger partial charge >= 0.3 is 5.97 Å². The molecule has 0 saturated carbocycles. The van der Waals surface area contributed by atoms with Crippen molar-refractivity contribution in [3.8, 4) is 0 Å². The van der Waals surface area contributed by atoms with Gasteiger partial charge in [0.1, 0.15) is 18.1 Å². The third-order valence-electron chi connectivity index (χ3n) is 4.88. The maximum Gasteiger partial charge on any atom is 0.328 e. The molecule has 3 amide bonds. The number of aliphatic hydroxyl groups is 2. The van der Waals surface area contributed by atoms with Crippen molar-refractivity contribution in [1.82, 2.24) is 20.9 Å². The summed E-state index contributed by atoms with van der Waals surface area (Å²) in [7, 11) is 0. The number of hydrogen-bond donors (Lipinski definition) is 9. The molecule has 2 rings (SSSR count). The van der Waals surface area contributed by atoms with E-state index in [0.717, 1.165) is 10.9 Å². The maximum absolute atomic E-state index is 12.8. The second kappa shape index (κ2) is 12.2. The normalized spacial score (nSPS) is 14.7. The fraction of sp³-hybridized carbons (Fsp3) is 0.400. The molecule has 9 N–H and O–H groups in total. The van der Waals surface area contributed by atoms with Crippen LogP contribution in [0.25, 0.3) is 10.9 Å². The van der Waals surface area contributed by atoms with Gasteiger partial charge < -0.3 is 42.0 Å². The first kappa shape index (κ1) is 26.1. The minimum Gasteiger partial charge on any atom is -0.480 e. The lowest BCUT2D eigenvalue weighted by Gasteiger charge is -2.24. The summed E-state index contributed by atoms with van der Waals surface area (Å²) < 4.78 is 0. The highest BCUT2D eigenvalue weighted by atomic mass is 32.1. The first-order chi connectivity index (χ1) is 15.7. The highest BCUT2D eigenvalue weighted by Gasteiger charge is 2.30. The Morgan fingerprint density at radius 3 is 2.12 bits per heavy atom. The summed E-state index contributed by atoms with van der Waals surface area (Å²) in [5.74, 6) is -3.92. The Hall–Kier alpha value is -3.13. The average Bonchev–Trinajstić information content (AvgIpc) is 3.22. The van der Waals surface area contributed by atoms with Crippen molar-refractivity contribution in [3.05, 3.63) is 36.0 Å². The number of para-hydroxylation sites is 1. The lowest BCUT2D eigenvalue weighted by Crippen LogP contribution is -2.59. The van der Waals surface area contributed by atoms with Crippen LogP contribution in [0.3, 0.4) is 0 Å². The molecule has 0 aliphatic heterocycles. The van der Waals surface area contributed by atoms with E-state index in [1.165, 1.54) is 0 Å². The molecule has 2 aromatic rings. The van der Waals surface area contributed by atoms with E-state index in [9.17, 15) is 29.4 Å². The summed E-state index contributed by atoms with van der Waals surface area (Å²) in [6.45, 7) is -1.63. The number of rotatable bonds is 12. The molecule has 1 heterocycles. The number of fused-ring (bicyclic) bond motifs is 1. The van der Waals surface area contributed by atoms with Gasteiger partial charge in [-0.1, -0.05) is 18.2 Å². The zero-order chi connectivity index (χ0) is 24.5. The number of carboxylic acids is 1. The van der Waals surface area contributed by atoms with Crippen LogP contribution in [0.15, 0.2) is 30.5 Å². The average molecular weight is 482 g/mol. The Kier molecular flexibility index (Phi) is 9.66. The molecule has 0 aliphatic carbocycles. The van der Waals surface area contributed by atoms with Crippen molar-refractivity contribution in [3.63, 3.8) is 0 Å². The van der Waals surface area contributed by atoms with Crippen molar-refractivity contribution < 1.29 is 34.5 Å². The molecular weight excluding hydrogens is 454 g/mol. The predicted octanol–water partition coefficient (Wildman–Crippen LogP) is -2.51. The molecule has 12 nitrogen and oxygen atoms in total. The first-order valence-corrected chi connectivity index (χ1v) is 10.6. The van der Waals surface area contributed by atoms with E-state index in [0.29, 0.717) is 5.56 Å². The molecule has 1 aromatic heterocycles. The summed E-state index contributed by atoms with van der Waals surface area (Å²) in [4.78, 5) is 51.7. The number of carbonyl (C=O) groups is 4. The Bertz CT molecular complexity index is 998. The molecule has 0 aliphatic rings. The van der Waals surface area contributed by atoms with E-state index in [4.69, 9.17) is 10.8 Å². The number of nitrogens with one attached hydrogen (secondary N) is 4. The van der Waals surface area contributed by atoms with Crippen LogP contribution in [-0.2, 0) is 25.6 Å². The van der Waals surface area contributed by atoms with E-state index < -0.39 is 61.1 Å². The Balaban J connectivity index is 2.25. The summed E-state index contributed by atoms with van der Waals surface area (Å²) in [5, 5.41) is 35.5.